The molecule has 1 aromatic carbocycles. The molecule has 0 amide bonds. The molecule has 0 aliphatic rings. The van der Waals surface area contributed by atoms with Gasteiger partial charge >= 0.3 is 0 Å². The van der Waals surface area contributed by atoms with Crippen LogP contribution in [0.2, 0.25) is 0 Å². The number of fused-ring (bicyclic) bond motifs is 1. The Labute approximate surface area is 102 Å². The second kappa shape index (κ2) is 4.82. The van der Waals surface area contributed by atoms with Crippen LogP contribution in [0.4, 0.5) is 0 Å². The van der Waals surface area contributed by atoms with Gasteiger partial charge < -0.3 is 10.5 Å². The molecule has 0 saturated carbocycles. The molecule has 0 spiro atoms. The Morgan fingerprint density at radius 1 is 1.29 bits per heavy atom. The Bertz CT molecular complexity index is 503. The minimum absolute atomic E-state index is 0.279. The second-order valence-electron chi connectivity index (χ2n) is 5.01. The zero-order chi connectivity index (χ0) is 12.3. The molecule has 17 heavy (non-hydrogen) atoms. The van der Waals surface area contributed by atoms with Gasteiger partial charge in [0.05, 0.1) is 18.7 Å². The molecule has 0 radical (unpaired) electrons. The van der Waals surface area contributed by atoms with Crippen molar-refractivity contribution in [3.63, 3.8) is 0 Å². The van der Waals surface area contributed by atoms with Crippen molar-refractivity contribution < 1.29 is 4.74 Å². The fourth-order valence-corrected chi connectivity index (χ4v) is 1.65. The van der Waals surface area contributed by atoms with Crippen LogP contribution in [-0.2, 0) is 11.3 Å². The number of nitrogens with two attached hydrogens (primary N) is 1. The molecule has 3 nitrogen and oxygen atoms in total. The zero-order valence-electron chi connectivity index (χ0n) is 10.3. The maximum Gasteiger partial charge on any atom is 0.0718 e. The van der Waals surface area contributed by atoms with Gasteiger partial charge in [-0.15, -0.1) is 0 Å². The van der Waals surface area contributed by atoms with E-state index in [1.54, 1.807) is 6.20 Å². The van der Waals surface area contributed by atoms with E-state index in [2.05, 4.69) is 17.1 Å². The van der Waals surface area contributed by atoms with Crippen LogP contribution < -0.4 is 5.73 Å². The minimum Gasteiger partial charge on any atom is -0.375 e. The molecule has 1 aromatic heterocycles. The van der Waals surface area contributed by atoms with Gasteiger partial charge in [0.1, 0.15) is 0 Å². The largest absolute Gasteiger partial charge is 0.375 e. The average Bonchev–Trinajstić information content (AvgIpc) is 2.27. The highest BCUT2D eigenvalue weighted by molar-refractivity contribution is 5.78. The first kappa shape index (κ1) is 12.0. The highest BCUT2D eigenvalue weighted by atomic mass is 16.5. The predicted molar refractivity (Wildman–Crippen MR) is 69.7 cm³/mol. The number of hydrogen-bond acceptors (Lipinski definition) is 3. The van der Waals surface area contributed by atoms with Gasteiger partial charge in [0.15, 0.2) is 0 Å². The number of benzene rings is 1. The molecule has 1 heterocycles. The number of aromatic nitrogens is 1. The summed E-state index contributed by atoms with van der Waals surface area (Å²) in [5.41, 5.74) is 7.73. The zero-order valence-corrected chi connectivity index (χ0v) is 10.3. The fourth-order valence-electron chi connectivity index (χ4n) is 1.65. The number of rotatable bonds is 4. The topological polar surface area (TPSA) is 48.1 Å². The third kappa shape index (κ3) is 3.51. The van der Waals surface area contributed by atoms with E-state index in [-0.39, 0.29) is 5.54 Å². The maximum atomic E-state index is 5.86. The van der Waals surface area contributed by atoms with Crippen LogP contribution in [0.1, 0.15) is 19.4 Å². The van der Waals surface area contributed by atoms with Crippen molar-refractivity contribution in [3.05, 3.63) is 42.1 Å². The summed E-state index contributed by atoms with van der Waals surface area (Å²) >= 11 is 0. The van der Waals surface area contributed by atoms with Crippen LogP contribution in [0.15, 0.2) is 36.5 Å². The molecule has 0 fully saturated rings. The monoisotopic (exact) mass is 230 g/mol. The van der Waals surface area contributed by atoms with Crippen LogP contribution in [0.3, 0.4) is 0 Å². The molecule has 0 aliphatic carbocycles. The Hall–Kier alpha value is -1.45. The van der Waals surface area contributed by atoms with Gasteiger partial charge in [0.25, 0.3) is 0 Å². The van der Waals surface area contributed by atoms with Gasteiger partial charge in [-0.3, -0.25) is 4.98 Å². The first-order valence-corrected chi connectivity index (χ1v) is 5.75. The van der Waals surface area contributed by atoms with E-state index < -0.39 is 0 Å². The van der Waals surface area contributed by atoms with E-state index in [0.29, 0.717) is 13.2 Å². The number of nitrogens with zero attached hydrogens (tertiary/aromatic N) is 1. The van der Waals surface area contributed by atoms with Gasteiger partial charge in [-0.1, -0.05) is 12.1 Å². The molecular formula is C14H18N2O. The summed E-state index contributed by atoms with van der Waals surface area (Å²) in [6.45, 7) is 5.05. The van der Waals surface area contributed by atoms with Crippen molar-refractivity contribution >= 4 is 10.9 Å². The van der Waals surface area contributed by atoms with Crippen LogP contribution in [0, 0.1) is 0 Å². The van der Waals surface area contributed by atoms with E-state index in [0.717, 1.165) is 16.5 Å². The first-order valence-electron chi connectivity index (χ1n) is 5.75. The molecule has 2 aromatic rings. The fraction of sp³-hybridized carbons (Fsp3) is 0.357. The van der Waals surface area contributed by atoms with E-state index in [9.17, 15) is 0 Å². The Balaban J connectivity index is 2.04. The molecule has 0 bridgehead atoms. The van der Waals surface area contributed by atoms with Gasteiger partial charge in [0.2, 0.25) is 0 Å². The van der Waals surface area contributed by atoms with Crippen molar-refractivity contribution in [2.45, 2.75) is 26.0 Å². The lowest BCUT2D eigenvalue weighted by atomic mass is 10.1. The maximum absolute atomic E-state index is 5.86. The summed E-state index contributed by atoms with van der Waals surface area (Å²) < 4.78 is 5.59. The SMILES string of the molecule is CC(C)(N)COCc1ccc2ncccc2c1. The molecule has 3 heteroatoms. The normalized spacial score (nSPS) is 11.9. The Morgan fingerprint density at radius 2 is 2.12 bits per heavy atom. The highest BCUT2D eigenvalue weighted by Crippen LogP contribution is 2.14. The molecule has 0 atom stereocenters. The third-order valence-electron chi connectivity index (χ3n) is 2.41. The lowest BCUT2D eigenvalue weighted by molar-refractivity contribution is 0.0851. The van der Waals surface area contributed by atoms with Gasteiger partial charge in [-0.25, -0.2) is 0 Å². The van der Waals surface area contributed by atoms with E-state index in [1.165, 1.54) is 0 Å². The second-order valence-corrected chi connectivity index (χ2v) is 5.01. The Kier molecular flexibility index (Phi) is 3.41. The number of hydrogen-bond donors (Lipinski definition) is 1. The van der Waals surface area contributed by atoms with Crippen LogP contribution in [-0.4, -0.2) is 17.1 Å². The van der Waals surface area contributed by atoms with Crippen molar-refractivity contribution in [3.8, 4) is 0 Å². The lowest BCUT2D eigenvalue weighted by Crippen LogP contribution is -2.37. The lowest BCUT2D eigenvalue weighted by Gasteiger charge is -2.18. The summed E-state index contributed by atoms with van der Waals surface area (Å²) in [6, 6.07) is 10.2. The van der Waals surface area contributed by atoms with Crippen molar-refractivity contribution in [1.82, 2.24) is 4.98 Å². The van der Waals surface area contributed by atoms with E-state index >= 15 is 0 Å². The molecule has 0 unspecified atom stereocenters. The van der Waals surface area contributed by atoms with Crippen molar-refractivity contribution in [2.24, 2.45) is 5.73 Å². The number of pyridine rings is 1. The average molecular weight is 230 g/mol. The van der Waals surface area contributed by atoms with Crippen LogP contribution in [0.25, 0.3) is 10.9 Å². The standard InChI is InChI=1S/C14H18N2O/c1-14(2,15)10-17-9-11-5-6-13-12(8-11)4-3-7-16-13/h3-8H,9-10,15H2,1-2H3. The quantitative estimate of drug-likeness (QED) is 0.877. The minimum atomic E-state index is -0.279. The van der Waals surface area contributed by atoms with Gasteiger partial charge in [-0.2, -0.15) is 0 Å². The van der Waals surface area contributed by atoms with Crippen LogP contribution >= 0.6 is 0 Å². The smallest absolute Gasteiger partial charge is 0.0718 e. The van der Waals surface area contributed by atoms with E-state index in [4.69, 9.17) is 10.5 Å². The molecule has 2 N–H and O–H groups in total. The summed E-state index contributed by atoms with van der Waals surface area (Å²) in [6.07, 6.45) is 1.80. The first-order chi connectivity index (χ1) is 8.04. The summed E-state index contributed by atoms with van der Waals surface area (Å²) in [5.74, 6) is 0. The van der Waals surface area contributed by atoms with Crippen LogP contribution in [0.5, 0.6) is 0 Å². The highest BCUT2D eigenvalue weighted by Gasteiger charge is 2.10. The van der Waals surface area contributed by atoms with Gasteiger partial charge in [0, 0.05) is 17.1 Å². The molecule has 0 saturated heterocycles. The van der Waals surface area contributed by atoms with Crippen molar-refractivity contribution in [1.29, 1.82) is 0 Å². The molecule has 90 valence electrons. The van der Waals surface area contributed by atoms with Gasteiger partial charge in [-0.05, 0) is 37.6 Å². The molecule has 0 aliphatic heterocycles. The predicted octanol–water partition coefficient (Wildman–Crippen LogP) is 2.49. The summed E-state index contributed by atoms with van der Waals surface area (Å²) in [4.78, 5) is 4.28. The molecule has 2 rings (SSSR count). The number of ether oxygens (including phenoxy) is 1. The van der Waals surface area contributed by atoms with Crippen molar-refractivity contribution in [2.75, 3.05) is 6.61 Å². The van der Waals surface area contributed by atoms with E-state index in [1.807, 2.05) is 32.0 Å². The Morgan fingerprint density at radius 3 is 2.88 bits per heavy atom. The third-order valence-corrected chi connectivity index (χ3v) is 2.41. The summed E-state index contributed by atoms with van der Waals surface area (Å²) in [7, 11) is 0. The summed E-state index contributed by atoms with van der Waals surface area (Å²) in [5, 5.41) is 1.14. The molecular weight excluding hydrogens is 212 g/mol.